The molecule has 2 aromatic carbocycles. The van der Waals surface area contributed by atoms with Crippen LogP contribution in [0.4, 0.5) is 26.6 Å². The third-order valence-electron chi connectivity index (χ3n) is 7.55. The number of benzene rings is 2. The first-order chi connectivity index (χ1) is 19.5. The van der Waals surface area contributed by atoms with Gasteiger partial charge in [0, 0.05) is 49.6 Å². The van der Waals surface area contributed by atoms with Crippen LogP contribution < -0.4 is 20.3 Å². The van der Waals surface area contributed by atoms with Crippen LogP contribution in [0.3, 0.4) is 0 Å². The molecule has 2 aliphatic heterocycles. The standard InChI is InChI=1S/C29H31FN6O4/c1-35-26-5-3-21(40-22-8-12-32-27(16-22)36(29(37)38)20-6-10-31-11-7-20)15-25(26)34-28(35)33-19-2-4-24(30)23(14-19)18-9-13-39-17-18/h2-5,8,12,14-16,18,20,31H,6-7,9-11,13,17H2,1H3,(H,33,34)(H,37,38). The molecule has 11 heteroatoms. The highest BCUT2D eigenvalue weighted by atomic mass is 19.1. The minimum atomic E-state index is -1.03. The zero-order valence-corrected chi connectivity index (χ0v) is 22.1. The van der Waals surface area contributed by atoms with Crippen LogP contribution in [0.2, 0.25) is 0 Å². The quantitative estimate of drug-likeness (QED) is 0.283. The Morgan fingerprint density at radius 1 is 1.15 bits per heavy atom. The third-order valence-corrected chi connectivity index (χ3v) is 7.55. The Morgan fingerprint density at radius 2 is 1.98 bits per heavy atom. The molecule has 6 rings (SSSR count). The molecular weight excluding hydrogens is 515 g/mol. The van der Waals surface area contributed by atoms with E-state index in [1.807, 2.05) is 35.9 Å². The maximum atomic E-state index is 14.5. The Kier molecular flexibility index (Phi) is 7.23. The van der Waals surface area contributed by atoms with Crippen LogP contribution in [0.1, 0.15) is 30.7 Å². The number of carbonyl (C=O) groups is 1. The van der Waals surface area contributed by atoms with Gasteiger partial charge in [0.05, 0.1) is 17.6 Å². The minimum Gasteiger partial charge on any atom is -0.465 e. The predicted molar refractivity (Wildman–Crippen MR) is 149 cm³/mol. The molecule has 1 atom stereocenters. The SMILES string of the molecule is Cn1c(Nc2ccc(F)c(C3CCOC3)c2)nc2cc(Oc3ccnc(N(C(=O)O)C4CCNCC4)c3)ccc21. The summed E-state index contributed by atoms with van der Waals surface area (Å²) in [4.78, 5) is 22.4. The summed E-state index contributed by atoms with van der Waals surface area (Å²) in [6, 6.07) is 13.8. The average molecular weight is 547 g/mol. The Balaban J connectivity index is 1.22. The number of nitrogens with one attached hydrogen (secondary N) is 2. The summed E-state index contributed by atoms with van der Waals surface area (Å²) in [7, 11) is 1.91. The Morgan fingerprint density at radius 3 is 2.75 bits per heavy atom. The van der Waals surface area contributed by atoms with Crippen molar-refractivity contribution in [3.8, 4) is 11.5 Å². The van der Waals surface area contributed by atoms with E-state index in [4.69, 9.17) is 14.5 Å². The van der Waals surface area contributed by atoms with Crippen molar-refractivity contribution in [2.45, 2.75) is 31.2 Å². The van der Waals surface area contributed by atoms with Gasteiger partial charge in [0.15, 0.2) is 0 Å². The average Bonchev–Trinajstić information content (AvgIpc) is 3.59. The summed E-state index contributed by atoms with van der Waals surface area (Å²) in [6.45, 7) is 2.71. The monoisotopic (exact) mass is 546 g/mol. The van der Waals surface area contributed by atoms with Gasteiger partial charge in [-0.05, 0) is 74.3 Å². The molecule has 1 amide bonds. The van der Waals surface area contributed by atoms with Crippen LogP contribution in [-0.4, -0.2) is 58.1 Å². The normalized spacial score (nSPS) is 17.7. The number of hydrogen-bond acceptors (Lipinski definition) is 7. The molecule has 40 heavy (non-hydrogen) atoms. The van der Waals surface area contributed by atoms with Gasteiger partial charge in [-0.1, -0.05) is 0 Å². The van der Waals surface area contributed by atoms with Gasteiger partial charge < -0.3 is 29.8 Å². The molecule has 10 nitrogen and oxygen atoms in total. The minimum absolute atomic E-state index is 0.0536. The second kappa shape index (κ2) is 11.1. The van der Waals surface area contributed by atoms with Gasteiger partial charge in [0.25, 0.3) is 0 Å². The lowest BCUT2D eigenvalue weighted by molar-refractivity contribution is 0.193. The number of pyridine rings is 1. The van der Waals surface area contributed by atoms with Crippen molar-refractivity contribution in [1.82, 2.24) is 19.9 Å². The third kappa shape index (κ3) is 5.30. The fourth-order valence-electron chi connectivity index (χ4n) is 5.44. The number of nitrogens with zero attached hydrogens (tertiary/aromatic N) is 4. The molecule has 0 saturated carbocycles. The summed E-state index contributed by atoms with van der Waals surface area (Å²) in [5.74, 6) is 1.81. The van der Waals surface area contributed by atoms with Crippen molar-refractivity contribution in [1.29, 1.82) is 0 Å². The van der Waals surface area contributed by atoms with Crippen LogP contribution >= 0.6 is 0 Å². The molecule has 0 aliphatic carbocycles. The predicted octanol–water partition coefficient (Wildman–Crippen LogP) is 5.38. The maximum Gasteiger partial charge on any atom is 0.413 e. The van der Waals surface area contributed by atoms with E-state index in [0.29, 0.717) is 47.6 Å². The number of carboxylic acid groups (broad SMARTS) is 1. The van der Waals surface area contributed by atoms with E-state index in [0.717, 1.165) is 43.6 Å². The van der Waals surface area contributed by atoms with Crippen LogP contribution in [0.5, 0.6) is 11.5 Å². The molecule has 4 aromatic rings. The summed E-state index contributed by atoms with van der Waals surface area (Å²) in [5, 5.41) is 16.5. The van der Waals surface area contributed by atoms with Crippen molar-refractivity contribution in [2.24, 2.45) is 7.05 Å². The van der Waals surface area contributed by atoms with Gasteiger partial charge in [0.2, 0.25) is 5.95 Å². The first kappa shape index (κ1) is 26.0. The molecule has 208 valence electrons. The second-order valence-corrected chi connectivity index (χ2v) is 10.2. The number of imidazole rings is 1. The van der Waals surface area contributed by atoms with Crippen LogP contribution in [0, 0.1) is 5.82 Å². The van der Waals surface area contributed by atoms with Crippen LogP contribution in [0.15, 0.2) is 54.7 Å². The molecule has 0 radical (unpaired) electrons. The molecule has 2 aliphatic rings. The highest BCUT2D eigenvalue weighted by Crippen LogP contribution is 2.32. The first-order valence-electron chi connectivity index (χ1n) is 13.4. The number of amides is 1. The highest BCUT2D eigenvalue weighted by Gasteiger charge is 2.28. The van der Waals surface area contributed by atoms with Crippen LogP contribution in [0.25, 0.3) is 11.0 Å². The van der Waals surface area contributed by atoms with E-state index < -0.39 is 6.09 Å². The number of anilines is 3. The number of ether oxygens (including phenoxy) is 2. The van der Waals surface area contributed by atoms with Gasteiger partial charge in [-0.25, -0.2) is 19.2 Å². The zero-order valence-electron chi connectivity index (χ0n) is 22.1. The van der Waals surface area contributed by atoms with E-state index in [1.54, 1.807) is 24.4 Å². The summed E-state index contributed by atoms with van der Waals surface area (Å²) >= 11 is 0. The van der Waals surface area contributed by atoms with Gasteiger partial charge in [-0.15, -0.1) is 0 Å². The Bertz CT molecular complexity index is 1530. The van der Waals surface area contributed by atoms with E-state index in [9.17, 15) is 14.3 Å². The van der Waals surface area contributed by atoms with Gasteiger partial charge in [-0.3, -0.25) is 4.90 Å². The number of aryl methyl sites for hydroxylation is 1. The summed E-state index contributed by atoms with van der Waals surface area (Å²) in [5.41, 5.74) is 3.00. The van der Waals surface area contributed by atoms with Crippen molar-refractivity contribution in [3.63, 3.8) is 0 Å². The smallest absolute Gasteiger partial charge is 0.413 e. The number of hydrogen-bond donors (Lipinski definition) is 3. The Hall–Kier alpha value is -4.22. The molecule has 0 spiro atoms. The molecule has 4 heterocycles. The summed E-state index contributed by atoms with van der Waals surface area (Å²) < 4.78 is 27.9. The molecule has 0 bridgehead atoms. The molecular formula is C29H31FN6O4. The van der Waals surface area contributed by atoms with Crippen LogP contribution in [-0.2, 0) is 11.8 Å². The number of aromatic nitrogens is 3. The highest BCUT2D eigenvalue weighted by molar-refractivity contribution is 5.86. The number of fused-ring (bicyclic) bond motifs is 1. The van der Waals surface area contributed by atoms with E-state index in [2.05, 4.69) is 15.6 Å². The van der Waals surface area contributed by atoms with Crippen molar-refractivity contribution in [3.05, 3.63) is 66.1 Å². The van der Waals surface area contributed by atoms with E-state index >= 15 is 0 Å². The van der Waals surface area contributed by atoms with E-state index in [1.165, 1.54) is 11.0 Å². The zero-order chi connectivity index (χ0) is 27.6. The number of halogens is 1. The molecule has 1 unspecified atom stereocenters. The molecule has 2 aromatic heterocycles. The lowest BCUT2D eigenvalue weighted by Crippen LogP contribution is -2.46. The Labute approximate surface area is 230 Å². The lowest BCUT2D eigenvalue weighted by atomic mass is 9.97. The summed E-state index contributed by atoms with van der Waals surface area (Å²) in [6.07, 6.45) is 2.77. The molecule has 2 saturated heterocycles. The van der Waals surface area contributed by atoms with Crippen molar-refractivity contribution >= 4 is 34.6 Å². The fourth-order valence-corrected chi connectivity index (χ4v) is 5.44. The van der Waals surface area contributed by atoms with E-state index in [-0.39, 0.29) is 17.8 Å². The largest absolute Gasteiger partial charge is 0.465 e. The maximum absolute atomic E-state index is 14.5. The second-order valence-electron chi connectivity index (χ2n) is 10.2. The van der Waals surface area contributed by atoms with Crippen molar-refractivity contribution < 1.29 is 23.8 Å². The first-order valence-corrected chi connectivity index (χ1v) is 13.4. The topological polar surface area (TPSA) is 114 Å². The lowest BCUT2D eigenvalue weighted by Gasteiger charge is -2.31. The van der Waals surface area contributed by atoms with Crippen molar-refractivity contribution in [2.75, 3.05) is 36.5 Å². The molecule has 3 N–H and O–H groups in total. The number of rotatable bonds is 7. The van der Waals surface area contributed by atoms with Gasteiger partial charge >= 0.3 is 6.09 Å². The molecule has 2 fully saturated rings. The van der Waals surface area contributed by atoms with Gasteiger partial charge in [-0.2, -0.15) is 0 Å². The van der Waals surface area contributed by atoms with Gasteiger partial charge in [0.1, 0.15) is 23.1 Å². The number of piperidine rings is 1. The fraction of sp³-hybridized carbons (Fsp3) is 0.345.